The van der Waals surface area contributed by atoms with Gasteiger partial charge in [-0.05, 0) is 36.8 Å². The van der Waals surface area contributed by atoms with Gasteiger partial charge in [-0.3, -0.25) is 0 Å². The van der Waals surface area contributed by atoms with E-state index in [4.69, 9.17) is 22.1 Å². The minimum atomic E-state index is 0.399. The van der Waals surface area contributed by atoms with Crippen molar-refractivity contribution in [3.8, 4) is 11.6 Å². The van der Waals surface area contributed by atoms with E-state index in [1.54, 1.807) is 12.3 Å². The Bertz CT molecular complexity index is 529. The molecule has 1 aromatic heterocycles. The number of benzene rings is 1. The summed E-state index contributed by atoms with van der Waals surface area (Å²) in [6, 6.07) is 9.21. The molecule has 0 saturated carbocycles. The molecule has 1 aromatic carbocycles. The predicted molar refractivity (Wildman–Crippen MR) is 68.4 cm³/mol. The highest BCUT2D eigenvalue weighted by Gasteiger charge is 2.05. The molecule has 88 valence electrons. The Morgan fingerprint density at radius 1 is 1.35 bits per heavy atom. The van der Waals surface area contributed by atoms with Crippen LogP contribution >= 0.6 is 11.6 Å². The largest absolute Gasteiger partial charge is 0.439 e. The highest BCUT2D eigenvalue weighted by Crippen LogP contribution is 2.26. The third kappa shape index (κ3) is 2.75. The van der Waals surface area contributed by atoms with Gasteiger partial charge in [0.1, 0.15) is 5.75 Å². The minimum absolute atomic E-state index is 0.399. The van der Waals surface area contributed by atoms with E-state index in [0.29, 0.717) is 18.2 Å². The van der Waals surface area contributed by atoms with Crippen LogP contribution in [0.4, 0.5) is 0 Å². The number of aryl methyl sites for hydroxylation is 1. The average Bonchev–Trinajstić information content (AvgIpc) is 2.34. The van der Waals surface area contributed by atoms with Crippen molar-refractivity contribution in [1.82, 2.24) is 4.98 Å². The summed E-state index contributed by atoms with van der Waals surface area (Å²) in [5.41, 5.74) is 7.46. The second-order valence-corrected chi connectivity index (χ2v) is 4.09. The summed E-state index contributed by atoms with van der Waals surface area (Å²) >= 11 is 5.95. The third-order valence-corrected chi connectivity index (χ3v) is 2.84. The monoisotopic (exact) mass is 248 g/mol. The Kier molecular flexibility index (Phi) is 3.61. The molecule has 0 aliphatic heterocycles. The summed E-state index contributed by atoms with van der Waals surface area (Å²) in [5.74, 6) is 1.25. The number of pyridine rings is 1. The fraction of sp³-hybridized carbons (Fsp3) is 0.154. The molecule has 0 amide bonds. The molecule has 0 saturated heterocycles. The topological polar surface area (TPSA) is 48.1 Å². The lowest BCUT2D eigenvalue weighted by atomic mass is 10.2. The molecule has 2 aromatic rings. The van der Waals surface area contributed by atoms with Gasteiger partial charge in [-0.1, -0.05) is 17.7 Å². The van der Waals surface area contributed by atoms with Crippen molar-refractivity contribution >= 4 is 11.6 Å². The van der Waals surface area contributed by atoms with Gasteiger partial charge in [-0.15, -0.1) is 0 Å². The van der Waals surface area contributed by atoms with Crippen LogP contribution in [0, 0.1) is 6.92 Å². The summed E-state index contributed by atoms with van der Waals surface area (Å²) in [6.07, 6.45) is 1.68. The fourth-order valence-electron chi connectivity index (χ4n) is 1.46. The van der Waals surface area contributed by atoms with E-state index < -0.39 is 0 Å². The summed E-state index contributed by atoms with van der Waals surface area (Å²) in [6.45, 7) is 2.33. The number of hydrogen-bond donors (Lipinski definition) is 1. The maximum absolute atomic E-state index is 5.95. The number of ether oxygens (including phenoxy) is 1. The second-order valence-electron chi connectivity index (χ2n) is 3.68. The molecule has 0 fully saturated rings. The highest BCUT2D eigenvalue weighted by atomic mass is 35.5. The molecule has 17 heavy (non-hydrogen) atoms. The first-order valence-electron chi connectivity index (χ1n) is 5.28. The number of nitrogens with zero attached hydrogens (tertiary/aromatic N) is 1. The zero-order valence-corrected chi connectivity index (χ0v) is 10.2. The molecule has 0 unspecified atom stereocenters. The van der Waals surface area contributed by atoms with Gasteiger partial charge in [0.15, 0.2) is 0 Å². The van der Waals surface area contributed by atoms with E-state index in [2.05, 4.69) is 4.98 Å². The number of halogens is 1. The van der Waals surface area contributed by atoms with E-state index in [-0.39, 0.29) is 0 Å². The van der Waals surface area contributed by atoms with Crippen molar-refractivity contribution in [2.75, 3.05) is 0 Å². The second kappa shape index (κ2) is 5.17. The lowest BCUT2D eigenvalue weighted by Crippen LogP contribution is -2.00. The van der Waals surface area contributed by atoms with Crippen LogP contribution in [-0.2, 0) is 6.54 Å². The zero-order valence-electron chi connectivity index (χ0n) is 9.48. The zero-order chi connectivity index (χ0) is 12.3. The molecule has 3 nitrogen and oxygen atoms in total. The van der Waals surface area contributed by atoms with Gasteiger partial charge in [0, 0.05) is 23.3 Å². The van der Waals surface area contributed by atoms with Gasteiger partial charge in [0.2, 0.25) is 5.88 Å². The van der Waals surface area contributed by atoms with Crippen molar-refractivity contribution in [1.29, 1.82) is 0 Å². The predicted octanol–water partition coefficient (Wildman–Crippen LogP) is 3.29. The normalized spacial score (nSPS) is 10.3. The van der Waals surface area contributed by atoms with Crippen molar-refractivity contribution < 1.29 is 4.74 Å². The minimum Gasteiger partial charge on any atom is -0.439 e. The van der Waals surface area contributed by atoms with Crippen LogP contribution in [0.2, 0.25) is 5.02 Å². The van der Waals surface area contributed by atoms with Crippen molar-refractivity contribution in [3.63, 3.8) is 0 Å². The van der Waals surface area contributed by atoms with Gasteiger partial charge in [-0.25, -0.2) is 4.98 Å². The molecule has 0 bridgehead atoms. The summed E-state index contributed by atoms with van der Waals surface area (Å²) < 4.78 is 5.69. The molecule has 0 aliphatic carbocycles. The Labute approximate surface area is 105 Å². The SMILES string of the molecule is Cc1cc(Oc2ncccc2CN)ccc1Cl. The standard InChI is InChI=1S/C13H13ClN2O/c1-9-7-11(4-5-12(9)14)17-13-10(8-15)3-2-6-16-13/h2-7H,8,15H2,1H3. The summed E-state index contributed by atoms with van der Waals surface area (Å²) in [4.78, 5) is 4.16. The Morgan fingerprint density at radius 2 is 2.18 bits per heavy atom. The Hall–Kier alpha value is -1.58. The molecule has 0 radical (unpaired) electrons. The molecule has 2 N–H and O–H groups in total. The van der Waals surface area contributed by atoms with Gasteiger partial charge < -0.3 is 10.5 Å². The van der Waals surface area contributed by atoms with E-state index in [1.807, 2.05) is 31.2 Å². The maximum Gasteiger partial charge on any atom is 0.223 e. The number of aromatic nitrogens is 1. The first-order chi connectivity index (χ1) is 8.20. The van der Waals surface area contributed by atoms with Gasteiger partial charge in [0.25, 0.3) is 0 Å². The maximum atomic E-state index is 5.95. The van der Waals surface area contributed by atoms with Crippen LogP contribution in [0.1, 0.15) is 11.1 Å². The number of rotatable bonds is 3. The first kappa shape index (κ1) is 11.9. The number of hydrogen-bond acceptors (Lipinski definition) is 3. The van der Waals surface area contributed by atoms with E-state index in [0.717, 1.165) is 16.1 Å². The van der Waals surface area contributed by atoms with Crippen LogP contribution in [0.5, 0.6) is 11.6 Å². The molecular formula is C13H13ClN2O. The molecular weight excluding hydrogens is 236 g/mol. The lowest BCUT2D eigenvalue weighted by Gasteiger charge is -2.09. The van der Waals surface area contributed by atoms with Crippen LogP contribution in [-0.4, -0.2) is 4.98 Å². The van der Waals surface area contributed by atoms with Crippen molar-refractivity contribution in [3.05, 3.63) is 52.7 Å². The van der Waals surface area contributed by atoms with Gasteiger partial charge in [-0.2, -0.15) is 0 Å². The van der Waals surface area contributed by atoms with E-state index in [1.165, 1.54) is 0 Å². The van der Waals surface area contributed by atoms with Crippen molar-refractivity contribution in [2.24, 2.45) is 5.73 Å². The Morgan fingerprint density at radius 3 is 2.88 bits per heavy atom. The lowest BCUT2D eigenvalue weighted by molar-refractivity contribution is 0.456. The summed E-state index contributed by atoms with van der Waals surface area (Å²) in [5, 5.41) is 0.720. The van der Waals surface area contributed by atoms with Gasteiger partial charge >= 0.3 is 0 Å². The molecule has 0 aliphatic rings. The molecule has 0 spiro atoms. The van der Waals surface area contributed by atoms with Crippen LogP contribution in [0.15, 0.2) is 36.5 Å². The third-order valence-electron chi connectivity index (χ3n) is 2.41. The fourth-order valence-corrected chi connectivity index (χ4v) is 1.58. The molecule has 1 heterocycles. The smallest absolute Gasteiger partial charge is 0.223 e. The van der Waals surface area contributed by atoms with Crippen LogP contribution < -0.4 is 10.5 Å². The highest BCUT2D eigenvalue weighted by molar-refractivity contribution is 6.31. The van der Waals surface area contributed by atoms with Crippen molar-refractivity contribution in [2.45, 2.75) is 13.5 Å². The quantitative estimate of drug-likeness (QED) is 0.907. The average molecular weight is 249 g/mol. The Balaban J connectivity index is 2.28. The van der Waals surface area contributed by atoms with Crippen LogP contribution in [0.25, 0.3) is 0 Å². The molecule has 2 rings (SSSR count). The summed E-state index contributed by atoms with van der Waals surface area (Å²) in [7, 11) is 0. The van der Waals surface area contributed by atoms with E-state index in [9.17, 15) is 0 Å². The molecule has 4 heteroatoms. The van der Waals surface area contributed by atoms with Gasteiger partial charge in [0.05, 0.1) is 0 Å². The van der Waals surface area contributed by atoms with Crippen LogP contribution in [0.3, 0.4) is 0 Å². The first-order valence-corrected chi connectivity index (χ1v) is 5.66. The number of nitrogens with two attached hydrogens (primary N) is 1. The molecule has 0 atom stereocenters. The van der Waals surface area contributed by atoms with E-state index >= 15 is 0 Å².